The van der Waals surface area contributed by atoms with E-state index in [0.717, 1.165) is 18.4 Å². The van der Waals surface area contributed by atoms with Gasteiger partial charge in [-0.3, -0.25) is 24.6 Å². The molecule has 0 aliphatic carbocycles. The highest BCUT2D eigenvalue weighted by Gasteiger charge is 2.23. The molecule has 0 unspecified atom stereocenters. The van der Waals surface area contributed by atoms with E-state index in [0.29, 0.717) is 19.4 Å². The Morgan fingerprint density at radius 1 is 1.25 bits per heavy atom. The number of nitro groups is 1. The van der Waals surface area contributed by atoms with E-state index in [9.17, 15) is 19.7 Å². The van der Waals surface area contributed by atoms with Gasteiger partial charge in [0, 0.05) is 31.5 Å². The van der Waals surface area contributed by atoms with Gasteiger partial charge in [-0.2, -0.15) is 0 Å². The first-order chi connectivity index (χ1) is 9.58. The molecule has 20 heavy (non-hydrogen) atoms. The Hall–Kier alpha value is -2.24. The second kappa shape index (κ2) is 6.27. The van der Waals surface area contributed by atoms with Gasteiger partial charge >= 0.3 is 0 Å². The maximum absolute atomic E-state index is 12.0. The van der Waals surface area contributed by atoms with Crippen molar-refractivity contribution >= 4 is 17.5 Å². The predicted molar refractivity (Wildman–Crippen MR) is 72.0 cm³/mol. The van der Waals surface area contributed by atoms with Crippen molar-refractivity contribution in [3.8, 4) is 0 Å². The molecule has 0 aromatic heterocycles. The van der Waals surface area contributed by atoms with Crippen LogP contribution < -0.4 is 0 Å². The van der Waals surface area contributed by atoms with Crippen LogP contribution in [0.5, 0.6) is 0 Å². The number of aryl methyl sites for hydroxylation is 1. The average molecular weight is 276 g/mol. The smallest absolute Gasteiger partial charge is 0.269 e. The number of carbonyl (C=O) groups is 2. The molecule has 0 N–H and O–H groups in total. The van der Waals surface area contributed by atoms with Crippen molar-refractivity contribution < 1.29 is 14.5 Å². The Bertz CT molecular complexity index is 524. The Morgan fingerprint density at radius 2 is 1.95 bits per heavy atom. The van der Waals surface area contributed by atoms with Crippen LogP contribution in [0.2, 0.25) is 0 Å². The lowest BCUT2D eigenvalue weighted by Crippen LogP contribution is -2.40. The lowest BCUT2D eigenvalue weighted by molar-refractivity contribution is -0.384. The fourth-order valence-electron chi connectivity index (χ4n) is 2.24. The minimum Gasteiger partial charge on any atom is -0.283 e. The maximum atomic E-state index is 12.0. The third-order valence-electron chi connectivity index (χ3n) is 3.40. The van der Waals surface area contributed by atoms with Crippen molar-refractivity contribution in [3.05, 3.63) is 39.9 Å². The van der Waals surface area contributed by atoms with Crippen molar-refractivity contribution in [3.63, 3.8) is 0 Å². The van der Waals surface area contributed by atoms with E-state index in [-0.39, 0.29) is 23.9 Å². The van der Waals surface area contributed by atoms with Crippen LogP contribution in [-0.2, 0) is 16.0 Å². The number of non-ortho nitro benzene ring substituents is 1. The Kier molecular flexibility index (Phi) is 4.45. The molecule has 1 aliphatic heterocycles. The molecule has 106 valence electrons. The standard InChI is InChI=1S/C14H16N2O4/c17-13-3-1-2-10-15(13)14(18)9-6-11-4-7-12(8-5-11)16(19)20/h4-5,7-8H,1-3,6,9-10H2. The van der Waals surface area contributed by atoms with Crippen molar-refractivity contribution in [2.24, 2.45) is 0 Å². The number of nitro benzene ring substituents is 1. The highest BCUT2D eigenvalue weighted by Crippen LogP contribution is 2.15. The van der Waals surface area contributed by atoms with Crippen molar-refractivity contribution in [2.75, 3.05) is 6.54 Å². The summed E-state index contributed by atoms with van der Waals surface area (Å²) in [5.41, 5.74) is 0.889. The number of nitrogens with zero attached hydrogens (tertiary/aromatic N) is 2. The van der Waals surface area contributed by atoms with Crippen molar-refractivity contribution in [2.45, 2.75) is 32.1 Å². The molecule has 1 heterocycles. The minimum absolute atomic E-state index is 0.0336. The number of piperidine rings is 1. The van der Waals surface area contributed by atoms with Crippen LogP contribution in [0.4, 0.5) is 5.69 Å². The summed E-state index contributed by atoms with van der Waals surface area (Å²) in [7, 11) is 0. The molecule has 2 rings (SSSR count). The molecule has 6 heteroatoms. The van der Waals surface area contributed by atoms with E-state index in [4.69, 9.17) is 0 Å². The molecule has 1 fully saturated rings. The molecule has 0 radical (unpaired) electrons. The zero-order valence-electron chi connectivity index (χ0n) is 11.1. The number of likely N-dealkylation sites (tertiary alicyclic amines) is 1. The number of imide groups is 1. The summed E-state index contributed by atoms with van der Waals surface area (Å²) in [4.78, 5) is 35.0. The van der Waals surface area contributed by atoms with Gasteiger partial charge in [-0.15, -0.1) is 0 Å². The molecular formula is C14H16N2O4. The van der Waals surface area contributed by atoms with Crippen molar-refractivity contribution in [1.29, 1.82) is 0 Å². The van der Waals surface area contributed by atoms with Crippen LogP contribution in [0.1, 0.15) is 31.2 Å². The molecule has 1 aliphatic rings. The molecule has 2 amide bonds. The number of hydrogen-bond donors (Lipinski definition) is 0. The first-order valence-electron chi connectivity index (χ1n) is 6.64. The Labute approximate surface area is 116 Å². The third kappa shape index (κ3) is 3.40. The van der Waals surface area contributed by atoms with E-state index >= 15 is 0 Å². The van der Waals surface area contributed by atoms with Crippen LogP contribution in [0, 0.1) is 10.1 Å². The zero-order chi connectivity index (χ0) is 14.5. The molecule has 1 aromatic rings. The largest absolute Gasteiger partial charge is 0.283 e. The van der Waals surface area contributed by atoms with E-state index in [1.54, 1.807) is 12.1 Å². The number of hydrogen-bond acceptors (Lipinski definition) is 4. The number of carbonyl (C=O) groups excluding carboxylic acids is 2. The van der Waals surface area contributed by atoms with Crippen LogP contribution >= 0.6 is 0 Å². The number of rotatable bonds is 4. The van der Waals surface area contributed by atoms with E-state index in [2.05, 4.69) is 0 Å². The normalized spacial score (nSPS) is 15.2. The van der Waals surface area contributed by atoms with Gasteiger partial charge in [0.1, 0.15) is 0 Å². The quantitative estimate of drug-likeness (QED) is 0.622. The SMILES string of the molecule is O=C1CCCCN1C(=O)CCc1ccc([N+](=O)[O-])cc1. The molecule has 6 nitrogen and oxygen atoms in total. The summed E-state index contributed by atoms with van der Waals surface area (Å²) in [6, 6.07) is 6.13. The van der Waals surface area contributed by atoms with Gasteiger partial charge in [0.25, 0.3) is 5.69 Å². The maximum Gasteiger partial charge on any atom is 0.269 e. The molecule has 0 atom stereocenters. The van der Waals surface area contributed by atoms with Crippen LogP contribution in [0.25, 0.3) is 0 Å². The Morgan fingerprint density at radius 3 is 2.55 bits per heavy atom. The van der Waals surface area contributed by atoms with Crippen LogP contribution in [-0.4, -0.2) is 28.2 Å². The van der Waals surface area contributed by atoms with E-state index < -0.39 is 4.92 Å². The molecule has 1 saturated heterocycles. The highest BCUT2D eigenvalue weighted by atomic mass is 16.6. The number of amides is 2. The molecular weight excluding hydrogens is 260 g/mol. The zero-order valence-corrected chi connectivity index (χ0v) is 11.1. The molecule has 1 aromatic carbocycles. The predicted octanol–water partition coefficient (Wildman–Crippen LogP) is 2.07. The van der Waals surface area contributed by atoms with Gasteiger partial charge in [-0.1, -0.05) is 12.1 Å². The lowest BCUT2D eigenvalue weighted by Gasteiger charge is -2.24. The Balaban J connectivity index is 1.89. The monoisotopic (exact) mass is 276 g/mol. The number of benzene rings is 1. The first kappa shape index (κ1) is 14.2. The van der Waals surface area contributed by atoms with Gasteiger partial charge in [-0.25, -0.2) is 0 Å². The summed E-state index contributed by atoms with van der Waals surface area (Å²) in [5, 5.41) is 10.5. The summed E-state index contributed by atoms with van der Waals surface area (Å²) < 4.78 is 0. The molecule has 0 saturated carbocycles. The fourth-order valence-corrected chi connectivity index (χ4v) is 2.24. The third-order valence-corrected chi connectivity index (χ3v) is 3.40. The fraction of sp³-hybridized carbons (Fsp3) is 0.429. The minimum atomic E-state index is -0.457. The first-order valence-corrected chi connectivity index (χ1v) is 6.64. The van der Waals surface area contributed by atoms with Gasteiger partial charge in [0.2, 0.25) is 11.8 Å². The van der Waals surface area contributed by atoms with Crippen LogP contribution in [0.3, 0.4) is 0 Å². The van der Waals surface area contributed by atoms with E-state index in [1.807, 2.05) is 0 Å². The lowest BCUT2D eigenvalue weighted by atomic mass is 10.1. The van der Waals surface area contributed by atoms with Gasteiger partial charge in [0.15, 0.2) is 0 Å². The van der Waals surface area contributed by atoms with Gasteiger partial charge in [-0.05, 0) is 24.8 Å². The summed E-state index contributed by atoms with van der Waals surface area (Å²) in [6.45, 7) is 0.512. The van der Waals surface area contributed by atoms with Gasteiger partial charge in [0.05, 0.1) is 4.92 Å². The average Bonchev–Trinajstić information content (AvgIpc) is 2.45. The summed E-state index contributed by atoms with van der Waals surface area (Å²) in [6.07, 6.45) is 2.91. The molecule has 0 bridgehead atoms. The van der Waals surface area contributed by atoms with Crippen molar-refractivity contribution in [1.82, 2.24) is 4.90 Å². The molecule has 0 spiro atoms. The van der Waals surface area contributed by atoms with Crippen LogP contribution in [0.15, 0.2) is 24.3 Å². The topological polar surface area (TPSA) is 80.5 Å². The second-order valence-corrected chi connectivity index (χ2v) is 4.82. The summed E-state index contributed by atoms with van der Waals surface area (Å²) in [5.74, 6) is -0.252. The second-order valence-electron chi connectivity index (χ2n) is 4.82. The van der Waals surface area contributed by atoms with Gasteiger partial charge < -0.3 is 0 Å². The van der Waals surface area contributed by atoms with E-state index in [1.165, 1.54) is 17.0 Å². The highest BCUT2D eigenvalue weighted by molar-refractivity contribution is 5.95. The summed E-state index contributed by atoms with van der Waals surface area (Å²) >= 11 is 0.